The van der Waals surface area contributed by atoms with Gasteiger partial charge in [0.1, 0.15) is 17.6 Å². The summed E-state index contributed by atoms with van der Waals surface area (Å²) in [6.07, 6.45) is 1.49. The second-order valence-electron chi connectivity index (χ2n) is 6.68. The largest absolute Gasteiger partial charge is 0.507 e. The molecular weight excluding hydrogens is 332 g/mol. The highest BCUT2D eigenvalue weighted by Gasteiger charge is 2.47. The highest BCUT2D eigenvalue weighted by atomic mass is 16.3. The fourth-order valence-corrected chi connectivity index (χ4v) is 3.03. The predicted octanol–water partition coefficient (Wildman–Crippen LogP) is 2.57. The molecule has 0 bridgehead atoms. The Hall–Kier alpha value is -2.86. The maximum atomic E-state index is 12.7. The minimum Gasteiger partial charge on any atom is -0.507 e. The zero-order valence-corrected chi connectivity index (χ0v) is 15.1. The molecule has 1 aromatic heterocycles. The Morgan fingerprint density at radius 3 is 2.46 bits per heavy atom. The molecule has 0 aliphatic carbocycles. The van der Waals surface area contributed by atoms with Crippen molar-refractivity contribution in [3.63, 3.8) is 0 Å². The molecule has 6 nitrogen and oxygen atoms in total. The van der Waals surface area contributed by atoms with Gasteiger partial charge >= 0.3 is 0 Å². The Balaban J connectivity index is 2.09. The second-order valence-corrected chi connectivity index (χ2v) is 6.68. The molecule has 1 N–H and O–H groups in total. The van der Waals surface area contributed by atoms with Crippen LogP contribution in [0.2, 0.25) is 0 Å². The first kappa shape index (κ1) is 17.9. The Labute approximate surface area is 152 Å². The van der Waals surface area contributed by atoms with Crippen molar-refractivity contribution in [2.45, 2.75) is 13.0 Å². The van der Waals surface area contributed by atoms with Gasteiger partial charge in [0, 0.05) is 18.7 Å². The van der Waals surface area contributed by atoms with Gasteiger partial charge in [0.2, 0.25) is 0 Å². The lowest BCUT2D eigenvalue weighted by atomic mass is 9.99. The highest BCUT2D eigenvalue weighted by molar-refractivity contribution is 6.46. The minimum atomic E-state index is -0.730. The lowest BCUT2D eigenvalue weighted by molar-refractivity contribution is -0.140. The summed E-state index contributed by atoms with van der Waals surface area (Å²) in [7, 11) is 3.79. The molecule has 0 radical (unpaired) electrons. The van der Waals surface area contributed by atoms with E-state index in [1.54, 1.807) is 24.3 Å². The van der Waals surface area contributed by atoms with Crippen LogP contribution in [0.1, 0.15) is 22.9 Å². The maximum absolute atomic E-state index is 12.7. The molecule has 0 saturated carbocycles. The number of rotatable bonds is 5. The van der Waals surface area contributed by atoms with Gasteiger partial charge in [-0.15, -0.1) is 0 Å². The zero-order chi connectivity index (χ0) is 18.8. The van der Waals surface area contributed by atoms with Crippen molar-refractivity contribution in [1.29, 1.82) is 0 Å². The minimum absolute atomic E-state index is 0.0626. The molecule has 1 aromatic carbocycles. The third-order valence-corrected chi connectivity index (χ3v) is 4.47. The van der Waals surface area contributed by atoms with E-state index in [0.29, 0.717) is 24.4 Å². The Kier molecular flexibility index (Phi) is 4.95. The summed E-state index contributed by atoms with van der Waals surface area (Å²) >= 11 is 0. The number of aliphatic hydroxyl groups is 1. The number of nitrogens with zero attached hydrogens (tertiary/aromatic N) is 2. The predicted molar refractivity (Wildman–Crippen MR) is 97.5 cm³/mol. The van der Waals surface area contributed by atoms with Gasteiger partial charge in [0.25, 0.3) is 11.7 Å². The lowest BCUT2D eigenvalue weighted by Gasteiger charge is -2.24. The molecule has 1 aliphatic heterocycles. The maximum Gasteiger partial charge on any atom is 0.295 e. The molecule has 0 unspecified atom stereocenters. The molecular formula is C20H22N2O4. The number of hydrogen-bond acceptors (Lipinski definition) is 5. The summed E-state index contributed by atoms with van der Waals surface area (Å²) in [6, 6.07) is 9.84. The number of likely N-dealkylation sites (tertiary alicyclic amines) is 1. The van der Waals surface area contributed by atoms with Crippen LogP contribution in [-0.2, 0) is 9.59 Å². The van der Waals surface area contributed by atoms with Gasteiger partial charge in [-0.25, -0.2) is 0 Å². The molecule has 1 saturated heterocycles. The van der Waals surface area contributed by atoms with E-state index in [1.165, 1.54) is 11.2 Å². The molecule has 2 heterocycles. The SMILES string of the molecule is Cc1ccc(C(O)=C2C(=O)C(=O)N(CCN(C)C)[C@H]2c2ccco2)cc1. The number of Topliss-reactive ketones (excluding diaryl/α,β-unsaturated/α-hetero) is 1. The van der Waals surface area contributed by atoms with E-state index >= 15 is 0 Å². The first-order valence-electron chi connectivity index (χ1n) is 8.43. The standard InChI is InChI=1S/C20H22N2O4/c1-13-6-8-14(9-7-13)18(23)16-17(15-5-4-12-26-15)22(11-10-21(2)3)20(25)19(16)24/h4-9,12,17,23H,10-11H2,1-3H3/t17-/m0/s1. The summed E-state index contributed by atoms with van der Waals surface area (Å²) in [5.74, 6) is -1.04. The van der Waals surface area contributed by atoms with Crippen LogP contribution < -0.4 is 0 Å². The second kappa shape index (κ2) is 7.17. The van der Waals surface area contributed by atoms with E-state index in [2.05, 4.69) is 0 Å². The quantitative estimate of drug-likeness (QED) is 0.507. The van der Waals surface area contributed by atoms with Crippen molar-refractivity contribution >= 4 is 17.4 Å². The summed E-state index contributed by atoms with van der Waals surface area (Å²) in [5, 5.41) is 10.8. The van der Waals surface area contributed by atoms with Crippen molar-refractivity contribution in [2.24, 2.45) is 0 Å². The van der Waals surface area contributed by atoms with E-state index in [0.717, 1.165) is 5.56 Å². The van der Waals surface area contributed by atoms with E-state index in [-0.39, 0.29) is 11.3 Å². The van der Waals surface area contributed by atoms with Crippen LogP contribution in [-0.4, -0.2) is 53.8 Å². The van der Waals surface area contributed by atoms with Gasteiger partial charge in [-0.1, -0.05) is 29.8 Å². The Bertz CT molecular complexity index is 835. The third-order valence-electron chi connectivity index (χ3n) is 4.47. The van der Waals surface area contributed by atoms with Crippen molar-refractivity contribution in [3.05, 3.63) is 65.1 Å². The van der Waals surface area contributed by atoms with Crippen LogP contribution in [0.4, 0.5) is 0 Å². The molecule has 136 valence electrons. The van der Waals surface area contributed by atoms with Gasteiger partial charge < -0.3 is 19.3 Å². The summed E-state index contributed by atoms with van der Waals surface area (Å²) < 4.78 is 5.48. The monoisotopic (exact) mass is 354 g/mol. The normalized spacial score (nSPS) is 19.5. The molecule has 0 spiro atoms. The van der Waals surface area contributed by atoms with Crippen molar-refractivity contribution in [2.75, 3.05) is 27.2 Å². The fourth-order valence-electron chi connectivity index (χ4n) is 3.03. The number of furan rings is 1. The molecule has 6 heteroatoms. The van der Waals surface area contributed by atoms with Crippen LogP contribution in [0.3, 0.4) is 0 Å². The van der Waals surface area contributed by atoms with Crippen molar-refractivity contribution < 1.29 is 19.1 Å². The third kappa shape index (κ3) is 3.28. The van der Waals surface area contributed by atoms with E-state index < -0.39 is 17.7 Å². The van der Waals surface area contributed by atoms with Gasteiger partial charge in [-0.3, -0.25) is 9.59 Å². The molecule has 1 amide bonds. The average Bonchev–Trinajstić information content (AvgIpc) is 3.21. The Morgan fingerprint density at radius 2 is 1.88 bits per heavy atom. The average molecular weight is 354 g/mol. The molecule has 26 heavy (non-hydrogen) atoms. The number of benzene rings is 1. The Morgan fingerprint density at radius 1 is 1.19 bits per heavy atom. The molecule has 1 atom stereocenters. The number of likely N-dealkylation sites (N-methyl/N-ethyl adjacent to an activating group) is 1. The topological polar surface area (TPSA) is 74.0 Å². The van der Waals surface area contributed by atoms with Crippen LogP contribution in [0.25, 0.3) is 5.76 Å². The van der Waals surface area contributed by atoms with Crippen molar-refractivity contribution in [1.82, 2.24) is 9.80 Å². The number of aryl methyl sites for hydroxylation is 1. The molecule has 3 rings (SSSR count). The summed E-state index contributed by atoms with van der Waals surface area (Å²) in [6.45, 7) is 2.88. The summed E-state index contributed by atoms with van der Waals surface area (Å²) in [4.78, 5) is 28.7. The summed E-state index contributed by atoms with van der Waals surface area (Å²) in [5.41, 5.74) is 1.60. The lowest BCUT2D eigenvalue weighted by Crippen LogP contribution is -2.35. The van der Waals surface area contributed by atoms with Crippen LogP contribution in [0.5, 0.6) is 0 Å². The van der Waals surface area contributed by atoms with Crippen LogP contribution in [0.15, 0.2) is 52.7 Å². The van der Waals surface area contributed by atoms with Gasteiger partial charge in [-0.2, -0.15) is 0 Å². The molecule has 2 aromatic rings. The van der Waals surface area contributed by atoms with Gasteiger partial charge in [0.15, 0.2) is 0 Å². The first-order valence-corrected chi connectivity index (χ1v) is 8.43. The highest BCUT2D eigenvalue weighted by Crippen LogP contribution is 2.39. The number of hydrogen-bond donors (Lipinski definition) is 1. The fraction of sp³-hybridized carbons (Fsp3) is 0.300. The number of amides is 1. The van der Waals surface area contributed by atoms with Crippen LogP contribution in [0, 0.1) is 6.92 Å². The zero-order valence-electron chi connectivity index (χ0n) is 15.1. The van der Waals surface area contributed by atoms with Gasteiger partial charge in [0.05, 0.1) is 11.8 Å². The van der Waals surface area contributed by atoms with Crippen molar-refractivity contribution in [3.8, 4) is 0 Å². The molecule has 1 fully saturated rings. The smallest absolute Gasteiger partial charge is 0.295 e. The number of ketones is 1. The number of carbonyl (C=O) groups excluding carboxylic acids is 2. The number of carbonyl (C=O) groups is 2. The van der Waals surface area contributed by atoms with Crippen LogP contribution >= 0.6 is 0 Å². The van der Waals surface area contributed by atoms with Gasteiger partial charge in [-0.05, 0) is 33.2 Å². The first-order chi connectivity index (χ1) is 12.4. The van der Waals surface area contributed by atoms with E-state index in [1.807, 2.05) is 38.1 Å². The van der Waals surface area contributed by atoms with E-state index in [9.17, 15) is 14.7 Å². The molecule has 1 aliphatic rings. The number of aliphatic hydroxyl groups excluding tert-OH is 1. The van der Waals surface area contributed by atoms with E-state index in [4.69, 9.17) is 4.42 Å².